The Kier molecular flexibility index (Phi) is 2.13. The summed E-state index contributed by atoms with van der Waals surface area (Å²) in [7, 11) is 1.33. The van der Waals surface area contributed by atoms with Crippen LogP contribution in [0.4, 0.5) is 0 Å². The van der Waals surface area contributed by atoms with E-state index in [4.69, 9.17) is 22.3 Å². The van der Waals surface area contributed by atoms with Gasteiger partial charge in [0.2, 0.25) is 0 Å². The van der Waals surface area contributed by atoms with Crippen molar-refractivity contribution >= 4 is 42.4 Å². The Balaban J connectivity index is 2.83. The third-order valence-electron chi connectivity index (χ3n) is 1.59. The topological polar surface area (TPSA) is 75.7 Å². The predicted octanol–water partition coefficient (Wildman–Crippen LogP) is 1.54. The molecule has 0 saturated carbocycles. The molecule has 0 saturated heterocycles. The highest BCUT2D eigenvalue weighted by atomic mass is 35.7. The molecule has 2 aromatic rings. The van der Waals surface area contributed by atoms with Crippen molar-refractivity contribution in [3.63, 3.8) is 0 Å². The van der Waals surface area contributed by atoms with Crippen molar-refractivity contribution < 1.29 is 8.42 Å². The van der Waals surface area contributed by atoms with Gasteiger partial charge in [0.1, 0.15) is 5.15 Å². The predicted molar refractivity (Wildman–Crippen MR) is 51.9 cm³/mol. The van der Waals surface area contributed by atoms with Gasteiger partial charge in [0.15, 0.2) is 10.7 Å². The molecule has 2 heterocycles. The lowest BCUT2D eigenvalue weighted by Gasteiger charge is -1.91. The molecule has 0 amide bonds. The van der Waals surface area contributed by atoms with E-state index in [0.29, 0.717) is 5.39 Å². The molecule has 0 aliphatic carbocycles. The summed E-state index contributed by atoms with van der Waals surface area (Å²) in [6.07, 6.45) is 0. The van der Waals surface area contributed by atoms with Crippen molar-refractivity contribution in [2.75, 3.05) is 0 Å². The van der Waals surface area contributed by atoms with Crippen molar-refractivity contribution in [3.8, 4) is 0 Å². The highest BCUT2D eigenvalue weighted by Crippen LogP contribution is 2.22. The molecule has 8 heteroatoms. The summed E-state index contributed by atoms with van der Waals surface area (Å²) >= 11 is 5.59. The van der Waals surface area contributed by atoms with Crippen molar-refractivity contribution in [1.29, 1.82) is 0 Å². The number of hydrogen-bond donors (Lipinski definition) is 1. The molecule has 0 fully saturated rings. The van der Waals surface area contributed by atoms with Gasteiger partial charge in [-0.1, -0.05) is 11.6 Å². The van der Waals surface area contributed by atoms with Crippen LogP contribution < -0.4 is 0 Å². The molecule has 14 heavy (non-hydrogen) atoms. The highest BCUT2D eigenvalue weighted by Gasteiger charge is 2.17. The van der Waals surface area contributed by atoms with E-state index in [1.807, 2.05) is 0 Å². The van der Waals surface area contributed by atoms with Crippen LogP contribution in [0.3, 0.4) is 0 Å². The standard InChI is InChI=1S/C6H3Cl2N3O2S/c7-4-2-1-3-5(9-4)10-11-6(3)14(8,12)13/h1-2H,(H,9,10,11). The molecule has 0 aliphatic heterocycles. The second kappa shape index (κ2) is 3.08. The molecule has 0 unspecified atom stereocenters. The minimum atomic E-state index is -3.83. The van der Waals surface area contributed by atoms with E-state index in [0.717, 1.165) is 0 Å². The Morgan fingerprint density at radius 1 is 1.36 bits per heavy atom. The Labute approximate surface area is 88.5 Å². The molecule has 0 aromatic carbocycles. The Morgan fingerprint density at radius 2 is 2.07 bits per heavy atom. The van der Waals surface area contributed by atoms with Crippen molar-refractivity contribution in [2.24, 2.45) is 0 Å². The summed E-state index contributed by atoms with van der Waals surface area (Å²) in [6, 6.07) is 2.95. The molecule has 0 bridgehead atoms. The Hall–Kier alpha value is -0.850. The van der Waals surface area contributed by atoms with Gasteiger partial charge in [0.25, 0.3) is 9.05 Å². The number of fused-ring (bicyclic) bond motifs is 1. The fraction of sp³-hybridized carbons (Fsp3) is 0. The molecule has 1 N–H and O–H groups in total. The number of halogens is 2. The van der Waals surface area contributed by atoms with E-state index in [2.05, 4.69) is 15.2 Å². The molecule has 2 aromatic heterocycles. The first-order valence-electron chi connectivity index (χ1n) is 3.44. The van der Waals surface area contributed by atoms with Gasteiger partial charge < -0.3 is 0 Å². The number of aromatic amines is 1. The lowest BCUT2D eigenvalue weighted by molar-refractivity contribution is 0.606. The first-order valence-corrected chi connectivity index (χ1v) is 6.12. The zero-order valence-corrected chi connectivity index (χ0v) is 8.86. The van der Waals surface area contributed by atoms with Gasteiger partial charge in [-0.05, 0) is 12.1 Å². The molecule has 0 aliphatic rings. The average Bonchev–Trinajstić information content (AvgIpc) is 2.45. The van der Waals surface area contributed by atoms with Crippen molar-refractivity contribution in [3.05, 3.63) is 17.3 Å². The van der Waals surface area contributed by atoms with Crippen LogP contribution in [-0.2, 0) is 9.05 Å². The van der Waals surface area contributed by atoms with Gasteiger partial charge in [0, 0.05) is 10.7 Å². The van der Waals surface area contributed by atoms with Crippen LogP contribution in [0.15, 0.2) is 17.2 Å². The largest absolute Gasteiger partial charge is 0.278 e. The van der Waals surface area contributed by atoms with Gasteiger partial charge in [-0.2, -0.15) is 5.10 Å². The minimum absolute atomic E-state index is 0.168. The molecular weight excluding hydrogens is 249 g/mol. The average molecular weight is 252 g/mol. The molecule has 0 radical (unpaired) electrons. The number of nitrogens with one attached hydrogen (secondary N) is 1. The molecule has 2 rings (SSSR count). The van der Waals surface area contributed by atoms with E-state index < -0.39 is 9.05 Å². The van der Waals surface area contributed by atoms with Crippen molar-refractivity contribution in [2.45, 2.75) is 5.03 Å². The monoisotopic (exact) mass is 251 g/mol. The number of hydrogen-bond acceptors (Lipinski definition) is 4. The minimum Gasteiger partial charge on any atom is -0.264 e. The molecule has 0 spiro atoms. The van der Waals surface area contributed by atoms with Gasteiger partial charge >= 0.3 is 0 Å². The highest BCUT2D eigenvalue weighted by molar-refractivity contribution is 8.13. The van der Waals surface area contributed by atoms with Crippen LogP contribution in [-0.4, -0.2) is 23.6 Å². The van der Waals surface area contributed by atoms with Crippen LogP contribution in [0.2, 0.25) is 5.15 Å². The van der Waals surface area contributed by atoms with E-state index in [1.165, 1.54) is 12.1 Å². The molecule has 5 nitrogen and oxygen atoms in total. The van der Waals surface area contributed by atoms with E-state index >= 15 is 0 Å². The van der Waals surface area contributed by atoms with Crippen LogP contribution >= 0.6 is 22.3 Å². The number of pyridine rings is 1. The quantitative estimate of drug-likeness (QED) is 0.617. The lowest BCUT2D eigenvalue weighted by Crippen LogP contribution is -1.91. The number of aromatic nitrogens is 3. The second-order valence-corrected chi connectivity index (χ2v) is 5.39. The molecule has 74 valence electrons. The van der Waals surface area contributed by atoms with Crippen LogP contribution in [0.5, 0.6) is 0 Å². The van der Waals surface area contributed by atoms with Crippen LogP contribution in [0.25, 0.3) is 11.0 Å². The maximum atomic E-state index is 11.0. The smallest absolute Gasteiger partial charge is 0.264 e. The maximum absolute atomic E-state index is 11.0. The zero-order chi connectivity index (χ0) is 10.3. The first-order chi connectivity index (χ1) is 6.48. The molecule has 0 atom stereocenters. The summed E-state index contributed by atoms with van der Waals surface area (Å²) in [5.41, 5.74) is 0.219. The number of nitrogens with zero attached hydrogens (tertiary/aromatic N) is 2. The second-order valence-electron chi connectivity index (χ2n) is 2.50. The summed E-state index contributed by atoms with van der Waals surface area (Å²) in [5.74, 6) is 0. The normalized spacial score (nSPS) is 12.1. The van der Waals surface area contributed by atoms with Crippen LogP contribution in [0.1, 0.15) is 0 Å². The number of H-pyrrole nitrogens is 1. The van der Waals surface area contributed by atoms with Gasteiger partial charge in [0.05, 0.1) is 5.39 Å². The third-order valence-corrected chi connectivity index (χ3v) is 3.07. The Morgan fingerprint density at radius 3 is 2.71 bits per heavy atom. The first kappa shape index (κ1) is 9.70. The summed E-state index contributed by atoms with van der Waals surface area (Å²) < 4.78 is 22.1. The van der Waals surface area contributed by atoms with E-state index in [9.17, 15) is 8.42 Å². The van der Waals surface area contributed by atoms with Crippen molar-refractivity contribution in [1.82, 2.24) is 15.2 Å². The van der Waals surface area contributed by atoms with Crippen LogP contribution in [0, 0.1) is 0 Å². The Bertz CT molecular complexity index is 592. The number of rotatable bonds is 1. The van der Waals surface area contributed by atoms with Gasteiger partial charge in [-0.3, -0.25) is 5.10 Å². The van der Waals surface area contributed by atoms with Gasteiger partial charge in [-0.15, -0.1) is 0 Å². The third kappa shape index (κ3) is 1.56. The summed E-state index contributed by atoms with van der Waals surface area (Å²) in [5, 5.41) is 6.35. The SMILES string of the molecule is O=S(=O)(Cl)c1[nH]nc2nc(Cl)ccc12. The van der Waals surface area contributed by atoms with E-state index in [-0.39, 0.29) is 15.8 Å². The zero-order valence-electron chi connectivity index (χ0n) is 6.53. The molecular formula is C6H3Cl2N3O2S. The van der Waals surface area contributed by atoms with Gasteiger partial charge in [-0.25, -0.2) is 13.4 Å². The maximum Gasteiger partial charge on any atom is 0.278 e. The summed E-state index contributed by atoms with van der Waals surface area (Å²) in [6.45, 7) is 0. The lowest BCUT2D eigenvalue weighted by atomic mass is 10.4. The fourth-order valence-corrected chi connectivity index (χ4v) is 2.11. The summed E-state index contributed by atoms with van der Waals surface area (Å²) in [4.78, 5) is 3.81. The fourth-order valence-electron chi connectivity index (χ4n) is 1.04. The van der Waals surface area contributed by atoms with E-state index in [1.54, 1.807) is 0 Å².